The van der Waals surface area contributed by atoms with Gasteiger partial charge >= 0.3 is 0 Å². The van der Waals surface area contributed by atoms with Crippen molar-refractivity contribution in [1.29, 1.82) is 0 Å². The lowest BCUT2D eigenvalue weighted by Gasteiger charge is -2.22. The zero-order chi connectivity index (χ0) is 24.6. The van der Waals surface area contributed by atoms with Crippen LogP contribution in [0.15, 0.2) is 53.4 Å². The Bertz CT molecular complexity index is 1080. The van der Waals surface area contributed by atoms with Crippen LogP contribution in [0.25, 0.3) is 0 Å². The summed E-state index contributed by atoms with van der Waals surface area (Å²) in [5.41, 5.74) is 1.01. The van der Waals surface area contributed by atoms with Gasteiger partial charge in [-0.05, 0) is 79.9 Å². The van der Waals surface area contributed by atoms with Crippen LogP contribution in [0.2, 0.25) is 0 Å². The molecule has 0 aliphatic heterocycles. The van der Waals surface area contributed by atoms with Gasteiger partial charge in [-0.1, -0.05) is 39.2 Å². The highest BCUT2D eigenvalue weighted by Gasteiger charge is 2.21. The summed E-state index contributed by atoms with van der Waals surface area (Å²) in [5, 5.41) is 5.68. The van der Waals surface area contributed by atoms with Crippen molar-refractivity contribution in [2.45, 2.75) is 63.3 Å². The second-order valence-electron chi connectivity index (χ2n) is 8.95. The summed E-state index contributed by atoms with van der Waals surface area (Å²) in [6, 6.07) is 13.2. The minimum absolute atomic E-state index is 0.00144. The van der Waals surface area contributed by atoms with Crippen LogP contribution < -0.4 is 20.1 Å². The van der Waals surface area contributed by atoms with Crippen molar-refractivity contribution in [2.75, 3.05) is 11.9 Å². The number of nitrogens with one attached hydrogen (secondary N) is 3. The lowest BCUT2D eigenvalue weighted by Crippen LogP contribution is -2.36. The number of carbonyl (C=O) groups is 1. The molecular formula is C25H33N3O4S2. The quantitative estimate of drug-likeness (QED) is 0.424. The Morgan fingerprint density at radius 2 is 1.79 bits per heavy atom. The Balaban J connectivity index is 1.53. The van der Waals surface area contributed by atoms with Gasteiger partial charge in [0, 0.05) is 17.3 Å². The number of carbonyl (C=O) groups excluding carboxylic acids is 1. The summed E-state index contributed by atoms with van der Waals surface area (Å²) >= 11 is 5.25. The van der Waals surface area contributed by atoms with Gasteiger partial charge in [0.05, 0.1) is 11.5 Å². The first-order valence-corrected chi connectivity index (χ1v) is 13.6. The summed E-state index contributed by atoms with van der Waals surface area (Å²) in [5.74, 6) is 0.811. The average molecular weight is 504 g/mol. The van der Waals surface area contributed by atoms with Crippen molar-refractivity contribution in [1.82, 2.24) is 10.0 Å². The third-order valence-electron chi connectivity index (χ3n) is 5.64. The van der Waals surface area contributed by atoms with Crippen LogP contribution in [-0.4, -0.2) is 32.1 Å². The van der Waals surface area contributed by atoms with Crippen molar-refractivity contribution in [3.8, 4) is 5.75 Å². The third kappa shape index (κ3) is 8.07. The van der Waals surface area contributed by atoms with E-state index in [1.54, 1.807) is 30.3 Å². The van der Waals surface area contributed by atoms with Gasteiger partial charge in [-0.15, -0.1) is 0 Å². The smallest absolute Gasteiger partial charge is 0.257 e. The summed E-state index contributed by atoms with van der Waals surface area (Å²) in [7, 11) is -3.57. The third-order valence-corrected chi connectivity index (χ3v) is 7.38. The molecule has 184 valence electrons. The second-order valence-corrected chi connectivity index (χ2v) is 11.1. The first-order valence-electron chi connectivity index (χ1n) is 11.7. The first kappa shape index (κ1) is 26.1. The standard InChI is InChI=1S/C25H33N3O4S2/c1-18(2)15-16-32-22-10-6-7-19(17-22)24(29)27-25(33)26-20-11-13-23(14-12-20)34(30,31)28-21-8-4-3-5-9-21/h6-7,10-14,17-18,21,28H,3-5,8-9,15-16H2,1-2H3,(H2,26,27,29,33). The molecule has 0 spiro atoms. The molecule has 0 radical (unpaired) electrons. The van der Waals surface area contributed by atoms with Crippen molar-refractivity contribution < 1.29 is 17.9 Å². The maximum atomic E-state index is 12.6. The highest BCUT2D eigenvalue weighted by molar-refractivity contribution is 7.89. The van der Waals surface area contributed by atoms with E-state index in [4.69, 9.17) is 17.0 Å². The predicted octanol–water partition coefficient (Wildman–Crippen LogP) is 4.85. The topological polar surface area (TPSA) is 96.5 Å². The van der Waals surface area contributed by atoms with E-state index in [9.17, 15) is 13.2 Å². The van der Waals surface area contributed by atoms with Crippen LogP contribution in [0, 0.1) is 5.92 Å². The van der Waals surface area contributed by atoms with E-state index in [1.165, 1.54) is 12.1 Å². The fourth-order valence-electron chi connectivity index (χ4n) is 3.70. The molecular weight excluding hydrogens is 470 g/mol. The Morgan fingerprint density at radius 1 is 1.09 bits per heavy atom. The van der Waals surface area contributed by atoms with Gasteiger partial charge in [0.2, 0.25) is 10.0 Å². The zero-order valence-electron chi connectivity index (χ0n) is 19.7. The molecule has 1 aliphatic carbocycles. The number of anilines is 1. The molecule has 0 bridgehead atoms. The van der Waals surface area contributed by atoms with E-state index in [-0.39, 0.29) is 22.0 Å². The van der Waals surface area contributed by atoms with E-state index in [1.807, 2.05) is 6.07 Å². The van der Waals surface area contributed by atoms with Crippen LogP contribution in [-0.2, 0) is 10.0 Å². The molecule has 0 aromatic heterocycles. The number of benzene rings is 2. The van der Waals surface area contributed by atoms with Gasteiger partial charge in [0.1, 0.15) is 5.75 Å². The number of sulfonamides is 1. The number of ether oxygens (including phenoxy) is 1. The average Bonchev–Trinajstić information content (AvgIpc) is 2.79. The number of amides is 1. The largest absolute Gasteiger partial charge is 0.494 e. The summed E-state index contributed by atoms with van der Waals surface area (Å²) in [6.07, 6.45) is 5.94. The highest BCUT2D eigenvalue weighted by Crippen LogP contribution is 2.21. The molecule has 0 heterocycles. The highest BCUT2D eigenvalue weighted by atomic mass is 32.2. The molecule has 0 atom stereocenters. The van der Waals surface area contributed by atoms with Gasteiger partial charge in [-0.3, -0.25) is 10.1 Å². The summed E-state index contributed by atoms with van der Waals surface area (Å²) in [6.45, 7) is 4.84. The molecule has 3 N–H and O–H groups in total. The minimum atomic E-state index is -3.57. The molecule has 1 amide bonds. The molecule has 0 saturated heterocycles. The van der Waals surface area contributed by atoms with E-state index < -0.39 is 10.0 Å². The lowest BCUT2D eigenvalue weighted by molar-refractivity contribution is 0.0977. The molecule has 1 aliphatic rings. The Morgan fingerprint density at radius 3 is 2.47 bits per heavy atom. The zero-order valence-corrected chi connectivity index (χ0v) is 21.3. The number of hydrogen-bond acceptors (Lipinski definition) is 5. The van der Waals surface area contributed by atoms with Gasteiger partial charge in [0.25, 0.3) is 5.91 Å². The van der Waals surface area contributed by atoms with E-state index in [2.05, 4.69) is 29.2 Å². The van der Waals surface area contributed by atoms with E-state index >= 15 is 0 Å². The molecule has 7 nitrogen and oxygen atoms in total. The van der Waals surface area contributed by atoms with Gasteiger partial charge in [-0.2, -0.15) is 0 Å². The molecule has 1 fully saturated rings. The fraction of sp³-hybridized carbons (Fsp3) is 0.440. The Labute approximate surface area is 207 Å². The van der Waals surface area contributed by atoms with Crippen LogP contribution in [0.3, 0.4) is 0 Å². The normalized spacial score (nSPS) is 14.6. The Kier molecular flexibility index (Phi) is 9.44. The first-order chi connectivity index (χ1) is 16.2. The lowest BCUT2D eigenvalue weighted by atomic mass is 9.96. The summed E-state index contributed by atoms with van der Waals surface area (Å²) < 4.78 is 33.8. The SMILES string of the molecule is CC(C)CCOc1cccc(C(=O)NC(=S)Nc2ccc(S(=O)(=O)NC3CCCCC3)cc2)c1. The molecule has 3 rings (SSSR count). The van der Waals surface area contributed by atoms with Crippen molar-refractivity contribution in [3.05, 3.63) is 54.1 Å². The monoisotopic (exact) mass is 503 g/mol. The van der Waals surface area contributed by atoms with Crippen molar-refractivity contribution >= 4 is 38.9 Å². The maximum absolute atomic E-state index is 12.6. The fourth-order valence-corrected chi connectivity index (χ4v) is 5.22. The number of hydrogen-bond donors (Lipinski definition) is 3. The predicted molar refractivity (Wildman–Crippen MR) is 139 cm³/mol. The van der Waals surface area contributed by atoms with Crippen LogP contribution in [0.1, 0.15) is 62.7 Å². The van der Waals surface area contributed by atoms with Gasteiger partial charge in [-0.25, -0.2) is 13.1 Å². The van der Waals surface area contributed by atoms with Crippen LogP contribution in [0.4, 0.5) is 5.69 Å². The molecule has 34 heavy (non-hydrogen) atoms. The molecule has 9 heteroatoms. The van der Waals surface area contributed by atoms with Crippen molar-refractivity contribution in [3.63, 3.8) is 0 Å². The molecule has 1 saturated carbocycles. The van der Waals surface area contributed by atoms with E-state index in [0.717, 1.165) is 38.5 Å². The molecule has 0 unspecified atom stereocenters. The van der Waals surface area contributed by atoms with Crippen molar-refractivity contribution in [2.24, 2.45) is 5.92 Å². The van der Waals surface area contributed by atoms with Gasteiger partial charge in [0.15, 0.2) is 5.11 Å². The number of thiocarbonyl (C=S) groups is 1. The summed E-state index contributed by atoms with van der Waals surface area (Å²) in [4.78, 5) is 12.8. The van der Waals surface area contributed by atoms with Gasteiger partial charge < -0.3 is 10.1 Å². The molecule has 2 aromatic rings. The second kappa shape index (κ2) is 12.3. The number of rotatable bonds is 9. The maximum Gasteiger partial charge on any atom is 0.257 e. The molecule has 2 aromatic carbocycles. The minimum Gasteiger partial charge on any atom is -0.494 e. The van der Waals surface area contributed by atoms with Crippen LogP contribution in [0.5, 0.6) is 5.75 Å². The van der Waals surface area contributed by atoms with Crippen LogP contribution >= 0.6 is 12.2 Å². The Hall–Kier alpha value is -2.49. The van der Waals surface area contributed by atoms with E-state index in [0.29, 0.717) is 29.5 Å².